The Balaban J connectivity index is 1.62. The van der Waals surface area contributed by atoms with E-state index in [0.29, 0.717) is 6.54 Å². The fourth-order valence-corrected chi connectivity index (χ4v) is 3.93. The van der Waals surface area contributed by atoms with Gasteiger partial charge in [-0.3, -0.25) is 9.36 Å². The van der Waals surface area contributed by atoms with Crippen molar-refractivity contribution in [1.29, 1.82) is 0 Å². The number of nitrogens with zero attached hydrogens (tertiary/aromatic N) is 3. The van der Waals surface area contributed by atoms with Gasteiger partial charge in [0.25, 0.3) is 5.91 Å². The Hall–Kier alpha value is -2.47. The molecule has 6 heteroatoms. The first-order chi connectivity index (χ1) is 12.2. The maximum atomic E-state index is 12.4. The Morgan fingerprint density at radius 2 is 2.20 bits per heavy atom. The fourth-order valence-electron chi connectivity index (χ4n) is 2.65. The van der Waals surface area contributed by atoms with Crippen molar-refractivity contribution in [3.05, 3.63) is 64.0 Å². The average molecular weight is 354 g/mol. The van der Waals surface area contributed by atoms with Gasteiger partial charge >= 0.3 is 0 Å². The molecule has 3 aromatic heterocycles. The molecule has 0 aliphatic rings. The van der Waals surface area contributed by atoms with Crippen LogP contribution in [-0.4, -0.2) is 20.4 Å². The molecule has 3 aromatic rings. The number of thiophene rings is 1. The summed E-state index contributed by atoms with van der Waals surface area (Å²) in [6, 6.07) is 5.92. The van der Waals surface area contributed by atoms with Crippen LogP contribution in [0.25, 0.3) is 5.82 Å². The van der Waals surface area contributed by atoms with Crippen molar-refractivity contribution in [1.82, 2.24) is 19.9 Å². The van der Waals surface area contributed by atoms with Crippen LogP contribution in [0.2, 0.25) is 0 Å². The highest BCUT2D eigenvalue weighted by Gasteiger charge is 2.13. The normalized spacial score (nSPS) is 10.8. The molecule has 0 fully saturated rings. The zero-order chi connectivity index (χ0) is 17.6. The lowest BCUT2D eigenvalue weighted by Gasteiger charge is -2.05. The van der Waals surface area contributed by atoms with Gasteiger partial charge in [-0.05, 0) is 36.1 Å². The van der Waals surface area contributed by atoms with Crippen LogP contribution in [0.15, 0.2) is 43.1 Å². The summed E-state index contributed by atoms with van der Waals surface area (Å²) >= 11 is 1.61. The second kappa shape index (κ2) is 8.07. The van der Waals surface area contributed by atoms with E-state index in [9.17, 15) is 4.79 Å². The van der Waals surface area contributed by atoms with Crippen LogP contribution in [-0.2, 0) is 19.4 Å². The molecular formula is C19H22N4OS. The van der Waals surface area contributed by atoms with Crippen molar-refractivity contribution < 1.29 is 4.79 Å². The monoisotopic (exact) mass is 354 g/mol. The zero-order valence-electron chi connectivity index (χ0n) is 14.5. The Labute approximate surface area is 151 Å². The van der Waals surface area contributed by atoms with Gasteiger partial charge in [0.2, 0.25) is 0 Å². The van der Waals surface area contributed by atoms with Crippen LogP contribution in [0, 0.1) is 0 Å². The second-order valence-electron chi connectivity index (χ2n) is 5.84. The number of hydrogen-bond donors (Lipinski definition) is 1. The summed E-state index contributed by atoms with van der Waals surface area (Å²) in [6.07, 6.45) is 10.2. The zero-order valence-corrected chi connectivity index (χ0v) is 15.3. The minimum absolute atomic E-state index is 0.0132. The molecule has 0 spiro atoms. The van der Waals surface area contributed by atoms with Crippen molar-refractivity contribution in [3.8, 4) is 5.82 Å². The summed E-state index contributed by atoms with van der Waals surface area (Å²) in [5.74, 6) is 0.795. The van der Waals surface area contributed by atoms with Gasteiger partial charge in [-0.1, -0.05) is 26.3 Å². The Morgan fingerprint density at radius 3 is 2.84 bits per heavy atom. The van der Waals surface area contributed by atoms with Gasteiger partial charge in [0, 0.05) is 30.0 Å². The number of carbonyl (C=O) groups excluding carboxylic acids is 1. The molecule has 0 bridgehead atoms. The molecule has 0 aliphatic carbocycles. The Kier molecular flexibility index (Phi) is 5.60. The van der Waals surface area contributed by atoms with Crippen molar-refractivity contribution >= 4 is 17.2 Å². The predicted octanol–water partition coefficient (Wildman–Crippen LogP) is 3.77. The van der Waals surface area contributed by atoms with Gasteiger partial charge in [0.05, 0.1) is 4.88 Å². The third-order valence-electron chi connectivity index (χ3n) is 4.01. The molecule has 0 aliphatic heterocycles. The summed E-state index contributed by atoms with van der Waals surface area (Å²) < 4.78 is 1.84. The molecule has 5 nitrogen and oxygen atoms in total. The minimum atomic E-state index is -0.0132. The van der Waals surface area contributed by atoms with Crippen molar-refractivity contribution in [2.24, 2.45) is 0 Å². The molecule has 130 valence electrons. The number of amides is 1. The average Bonchev–Trinajstić information content (AvgIpc) is 3.30. The van der Waals surface area contributed by atoms with Crippen LogP contribution < -0.4 is 5.32 Å². The maximum absolute atomic E-state index is 12.4. The third-order valence-corrected chi connectivity index (χ3v) is 5.25. The van der Waals surface area contributed by atoms with Gasteiger partial charge < -0.3 is 5.32 Å². The number of hydrogen-bond acceptors (Lipinski definition) is 4. The Morgan fingerprint density at radius 1 is 1.32 bits per heavy atom. The van der Waals surface area contributed by atoms with Crippen molar-refractivity contribution in [3.63, 3.8) is 0 Å². The lowest BCUT2D eigenvalue weighted by molar-refractivity contribution is 0.0955. The second-order valence-corrected chi connectivity index (χ2v) is 6.98. The van der Waals surface area contributed by atoms with E-state index in [4.69, 9.17) is 0 Å². The van der Waals surface area contributed by atoms with E-state index in [1.54, 1.807) is 30.1 Å². The van der Waals surface area contributed by atoms with E-state index in [1.807, 2.05) is 29.0 Å². The molecular weight excluding hydrogens is 332 g/mol. The number of aryl methyl sites for hydroxylation is 2. The molecule has 0 saturated carbocycles. The summed E-state index contributed by atoms with van der Waals surface area (Å²) in [5, 5.41) is 2.99. The highest BCUT2D eigenvalue weighted by atomic mass is 32.1. The molecule has 0 unspecified atom stereocenters. The lowest BCUT2D eigenvalue weighted by Crippen LogP contribution is -2.21. The maximum Gasteiger partial charge on any atom is 0.261 e. The van der Waals surface area contributed by atoms with Crippen LogP contribution in [0.5, 0.6) is 0 Å². The third kappa shape index (κ3) is 4.14. The van der Waals surface area contributed by atoms with Gasteiger partial charge in [-0.2, -0.15) is 0 Å². The molecule has 0 atom stereocenters. The van der Waals surface area contributed by atoms with E-state index in [2.05, 4.69) is 29.1 Å². The number of pyridine rings is 1. The van der Waals surface area contributed by atoms with Crippen LogP contribution in [0.4, 0.5) is 0 Å². The summed E-state index contributed by atoms with van der Waals surface area (Å²) in [7, 11) is 0. The summed E-state index contributed by atoms with van der Waals surface area (Å²) in [6.45, 7) is 4.77. The van der Waals surface area contributed by atoms with Gasteiger partial charge in [0.15, 0.2) is 0 Å². The number of imidazole rings is 1. The van der Waals surface area contributed by atoms with Crippen molar-refractivity contribution in [2.75, 3.05) is 0 Å². The first-order valence-electron chi connectivity index (χ1n) is 8.54. The molecule has 1 amide bonds. The standard InChI is InChI=1S/C19H22N4OS/c1-3-5-16-15(4-2)10-17(25-16)19(24)22-12-14-6-7-18(21-11-14)23-9-8-20-13-23/h6-11,13H,3-5,12H2,1-2H3,(H,22,24). The molecule has 25 heavy (non-hydrogen) atoms. The quantitative estimate of drug-likeness (QED) is 0.702. The molecule has 0 radical (unpaired) electrons. The van der Waals surface area contributed by atoms with Crippen molar-refractivity contribution in [2.45, 2.75) is 39.7 Å². The minimum Gasteiger partial charge on any atom is -0.347 e. The highest BCUT2D eigenvalue weighted by molar-refractivity contribution is 7.14. The molecule has 0 saturated heterocycles. The van der Waals surface area contributed by atoms with Gasteiger partial charge in [0.1, 0.15) is 12.1 Å². The molecule has 3 rings (SSSR count). The largest absolute Gasteiger partial charge is 0.347 e. The van der Waals surface area contributed by atoms with E-state index >= 15 is 0 Å². The first-order valence-corrected chi connectivity index (χ1v) is 9.36. The fraction of sp³-hybridized carbons (Fsp3) is 0.316. The SMILES string of the molecule is CCCc1sc(C(=O)NCc2ccc(-n3ccnc3)nc2)cc1CC. The number of nitrogens with one attached hydrogen (secondary N) is 1. The first kappa shape index (κ1) is 17.4. The number of rotatable bonds is 7. The smallest absolute Gasteiger partial charge is 0.261 e. The highest BCUT2D eigenvalue weighted by Crippen LogP contribution is 2.24. The van der Waals surface area contributed by atoms with Gasteiger partial charge in [-0.15, -0.1) is 11.3 Å². The van der Waals surface area contributed by atoms with Crippen LogP contribution >= 0.6 is 11.3 Å². The lowest BCUT2D eigenvalue weighted by atomic mass is 10.1. The van der Waals surface area contributed by atoms with Gasteiger partial charge in [-0.25, -0.2) is 9.97 Å². The van der Waals surface area contributed by atoms with E-state index in [-0.39, 0.29) is 5.91 Å². The summed E-state index contributed by atoms with van der Waals surface area (Å²) in [5.41, 5.74) is 2.27. The van der Waals surface area contributed by atoms with Crippen LogP contribution in [0.1, 0.15) is 45.9 Å². The topological polar surface area (TPSA) is 59.8 Å². The number of aromatic nitrogens is 3. The molecule has 1 N–H and O–H groups in total. The summed E-state index contributed by atoms with van der Waals surface area (Å²) in [4.78, 5) is 23.0. The van der Waals surface area contributed by atoms with E-state index in [0.717, 1.165) is 35.5 Å². The Bertz CT molecular complexity index is 822. The predicted molar refractivity (Wildman–Crippen MR) is 100 cm³/mol. The number of carbonyl (C=O) groups is 1. The molecule has 3 heterocycles. The van der Waals surface area contributed by atoms with E-state index < -0.39 is 0 Å². The van der Waals surface area contributed by atoms with Crippen LogP contribution in [0.3, 0.4) is 0 Å². The molecule has 0 aromatic carbocycles. The van der Waals surface area contributed by atoms with E-state index in [1.165, 1.54) is 10.4 Å².